The van der Waals surface area contributed by atoms with Crippen molar-refractivity contribution in [3.63, 3.8) is 0 Å². The van der Waals surface area contributed by atoms with Crippen LogP contribution in [0.3, 0.4) is 0 Å². The number of carboxylic acids is 1. The van der Waals surface area contributed by atoms with E-state index in [4.69, 9.17) is 10.5 Å². The number of hydrogen-bond acceptors (Lipinski definition) is 5. The van der Waals surface area contributed by atoms with Crippen molar-refractivity contribution >= 4 is 17.4 Å². The van der Waals surface area contributed by atoms with E-state index in [-0.39, 0.29) is 34.8 Å². The van der Waals surface area contributed by atoms with Gasteiger partial charge in [-0.1, -0.05) is 13.0 Å². The van der Waals surface area contributed by atoms with E-state index < -0.39 is 34.9 Å². The van der Waals surface area contributed by atoms with Crippen LogP contribution in [0.4, 0.5) is 14.5 Å². The molecule has 4 rings (SSSR count). The van der Waals surface area contributed by atoms with Crippen molar-refractivity contribution in [3.05, 3.63) is 34.7 Å². The summed E-state index contributed by atoms with van der Waals surface area (Å²) in [4.78, 5) is 26.7. The van der Waals surface area contributed by atoms with Gasteiger partial charge in [0.1, 0.15) is 23.2 Å². The third-order valence-electron chi connectivity index (χ3n) is 7.36. The zero-order chi connectivity index (χ0) is 23.4. The molecule has 0 spiro atoms. The van der Waals surface area contributed by atoms with E-state index in [0.717, 1.165) is 12.5 Å². The number of hydrogen-bond donors (Lipinski definition) is 2. The first-order valence-electron chi connectivity index (χ1n) is 11.2. The molecule has 8 heteroatoms. The smallest absolute Gasteiger partial charge is 0.339 e. The van der Waals surface area contributed by atoms with Crippen LogP contribution in [-0.4, -0.2) is 48.8 Å². The maximum Gasteiger partial charge on any atom is 0.339 e. The molecule has 0 radical (unpaired) electrons. The molecule has 2 fully saturated rings. The average Bonchev–Trinajstić information content (AvgIpc) is 3.35. The van der Waals surface area contributed by atoms with E-state index in [1.54, 1.807) is 0 Å². The molecular weight excluding hydrogens is 418 g/mol. The predicted octanol–water partition coefficient (Wildman–Crippen LogP) is 3.83. The first kappa shape index (κ1) is 22.7. The van der Waals surface area contributed by atoms with Gasteiger partial charge in [0, 0.05) is 29.8 Å². The van der Waals surface area contributed by atoms with Crippen LogP contribution in [0.2, 0.25) is 0 Å². The summed E-state index contributed by atoms with van der Waals surface area (Å²) in [7, 11) is 1.40. The molecule has 3 aliphatic rings. The molecule has 3 unspecified atom stereocenters. The molecule has 1 aliphatic heterocycles. The molecule has 174 valence electrons. The summed E-state index contributed by atoms with van der Waals surface area (Å²) >= 11 is 0. The highest BCUT2D eigenvalue weighted by atomic mass is 19.1. The Hall–Kier alpha value is -2.48. The second-order valence-electron chi connectivity index (χ2n) is 9.54. The Balaban J connectivity index is 1.91. The molecule has 3 N–H and O–H groups in total. The number of ether oxygens (including phenoxy) is 1. The van der Waals surface area contributed by atoms with E-state index >= 15 is 4.39 Å². The molecule has 0 bridgehead atoms. The van der Waals surface area contributed by atoms with Crippen molar-refractivity contribution in [1.29, 1.82) is 0 Å². The van der Waals surface area contributed by atoms with Crippen LogP contribution >= 0.6 is 0 Å². The number of fused-ring (bicyclic) bond motifs is 1. The van der Waals surface area contributed by atoms with E-state index in [2.05, 4.69) is 0 Å². The van der Waals surface area contributed by atoms with Crippen LogP contribution in [0.15, 0.2) is 17.7 Å². The highest BCUT2D eigenvalue weighted by molar-refractivity contribution is 6.24. The number of rotatable bonds is 5. The van der Waals surface area contributed by atoms with Crippen molar-refractivity contribution in [2.24, 2.45) is 17.6 Å². The van der Waals surface area contributed by atoms with Crippen molar-refractivity contribution < 1.29 is 28.2 Å². The molecule has 0 aromatic heterocycles. The normalized spacial score (nSPS) is 33.8. The summed E-state index contributed by atoms with van der Waals surface area (Å²) in [5, 5.41) is 9.52. The molecule has 1 aromatic carbocycles. The monoisotopic (exact) mass is 448 g/mol. The minimum Gasteiger partial charge on any atom is -0.494 e. The van der Waals surface area contributed by atoms with Gasteiger partial charge < -0.3 is 20.5 Å². The highest BCUT2D eigenvalue weighted by Crippen LogP contribution is 2.54. The van der Waals surface area contributed by atoms with Crippen LogP contribution < -0.4 is 15.4 Å². The van der Waals surface area contributed by atoms with Crippen LogP contribution in [0.5, 0.6) is 5.75 Å². The standard InChI is InChI=1S/C24H30F2N2O4/c1-4-12-10-28(11-24(12,2)27)20-18(26)9-16-19(22(20)32-3)13(15-8-17(15)25)6-5-7-14(21(16)29)23(30)31/h7,9,12-13,15,17H,4-6,8,10-11,27H2,1-3H3,(H,30,31)/b14-7+/t12?,13?,15-,17-,24?/m0/s1. The average molecular weight is 449 g/mol. The fourth-order valence-corrected chi connectivity index (χ4v) is 5.53. The first-order chi connectivity index (χ1) is 15.1. The molecule has 0 amide bonds. The Morgan fingerprint density at radius 3 is 2.66 bits per heavy atom. The van der Waals surface area contributed by atoms with Gasteiger partial charge in [0.25, 0.3) is 0 Å². The number of allylic oxidation sites excluding steroid dienone is 1. The zero-order valence-corrected chi connectivity index (χ0v) is 18.7. The second-order valence-corrected chi connectivity index (χ2v) is 9.54. The third-order valence-corrected chi connectivity index (χ3v) is 7.36. The van der Waals surface area contributed by atoms with Gasteiger partial charge in [-0.2, -0.15) is 0 Å². The van der Waals surface area contributed by atoms with Gasteiger partial charge in [-0.15, -0.1) is 0 Å². The number of alkyl halides is 1. The molecule has 32 heavy (non-hydrogen) atoms. The lowest BCUT2D eigenvalue weighted by atomic mass is 9.80. The number of carbonyl (C=O) groups is 2. The largest absolute Gasteiger partial charge is 0.494 e. The summed E-state index contributed by atoms with van der Waals surface area (Å²) in [6.45, 7) is 4.92. The van der Waals surface area contributed by atoms with Crippen LogP contribution in [-0.2, 0) is 4.79 Å². The maximum atomic E-state index is 15.6. The number of benzene rings is 1. The van der Waals surface area contributed by atoms with Crippen molar-refractivity contribution in [2.45, 2.75) is 57.2 Å². The number of carbonyl (C=O) groups excluding carboxylic acids is 1. The van der Waals surface area contributed by atoms with Gasteiger partial charge in [0.05, 0.1) is 7.11 Å². The number of halogens is 2. The van der Waals surface area contributed by atoms with Gasteiger partial charge in [-0.3, -0.25) is 4.79 Å². The number of ketones is 1. The Morgan fingerprint density at radius 2 is 2.12 bits per heavy atom. The van der Waals surface area contributed by atoms with Crippen LogP contribution in [0.1, 0.15) is 61.4 Å². The van der Waals surface area contributed by atoms with Crippen LogP contribution in [0.25, 0.3) is 0 Å². The Labute approximate surface area is 186 Å². The number of nitrogens with zero attached hydrogens (tertiary/aromatic N) is 1. The lowest BCUT2D eigenvalue weighted by molar-refractivity contribution is -0.132. The van der Waals surface area contributed by atoms with Crippen molar-refractivity contribution in [3.8, 4) is 5.75 Å². The molecule has 1 heterocycles. The summed E-state index contributed by atoms with van der Waals surface area (Å²) in [6.07, 6.45) is 2.34. The molecular formula is C24H30F2N2O4. The zero-order valence-electron chi connectivity index (χ0n) is 18.7. The lowest BCUT2D eigenvalue weighted by Crippen LogP contribution is -2.44. The number of Topliss-reactive ketones (excluding diaryl/α,β-unsaturated/α-hetero) is 1. The Bertz CT molecular complexity index is 991. The summed E-state index contributed by atoms with van der Waals surface area (Å²) in [6, 6.07) is 1.10. The van der Waals surface area contributed by atoms with E-state index in [0.29, 0.717) is 37.9 Å². The van der Waals surface area contributed by atoms with Gasteiger partial charge in [-0.25, -0.2) is 13.6 Å². The highest BCUT2D eigenvalue weighted by Gasteiger charge is 2.48. The number of methoxy groups -OCH3 is 1. The van der Waals surface area contributed by atoms with Gasteiger partial charge in [-0.05, 0) is 56.4 Å². The Kier molecular flexibility index (Phi) is 5.77. The topological polar surface area (TPSA) is 92.9 Å². The second kappa shape index (κ2) is 8.14. The van der Waals surface area contributed by atoms with E-state index in [9.17, 15) is 19.1 Å². The number of carboxylic acid groups (broad SMARTS) is 1. The van der Waals surface area contributed by atoms with E-state index in [1.165, 1.54) is 13.2 Å². The molecule has 1 saturated carbocycles. The fraction of sp³-hybridized carbons (Fsp3) is 0.583. The third kappa shape index (κ3) is 3.68. The minimum atomic E-state index is -1.36. The van der Waals surface area contributed by atoms with Crippen LogP contribution in [0, 0.1) is 17.7 Å². The van der Waals surface area contributed by atoms with Crippen molar-refractivity contribution in [2.75, 3.05) is 25.1 Å². The summed E-state index contributed by atoms with van der Waals surface area (Å²) < 4.78 is 35.4. The Morgan fingerprint density at radius 1 is 1.44 bits per heavy atom. The number of aliphatic carboxylic acids is 1. The number of nitrogens with two attached hydrogens (primary N) is 1. The van der Waals surface area contributed by atoms with Gasteiger partial charge >= 0.3 is 5.97 Å². The first-order valence-corrected chi connectivity index (χ1v) is 11.2. The van der Waals surface area contributed by atoms with Gasteiger partial charge in [0.2, 0.25) is 5.78 Å². The number of anilines is 1. The summed E-state index contributed by atoms with van der Waals surface area (Å²) in [5.41, 5.74) is 6.15. The molecule has 6 nitrogen and oxygen atoms in total. The molecule has 1 saturated heterocycles. The maximum absolute atomic E-state index is 15.6. The minimum absolute atomic E-state index is 0.0534. The lowest BCUT2D eigenvalue weighted by Gasteiger charge is -2.30. The molecule has 5 atom stereocenters. The van der Waals surface area contributed by atoms with Gasteiger partial charge in [0.15, 0.2) is 5.82 Å². The SMILES string of the molecule is CCC1CN(c2c(F)cc3c(c2OC)C([C@@H]2C[C@@H]2F)CC/C=C(/C(=O)O)C3=O)CC1(C)N. The van der Waals surface area contributed by atoms with E-state index in [1.807, 2.05) is 18.7 Å². The molecule has 2 aliphatic carbocycles. The summed E-state index contributed by atoms with van der Waals surface area (Å²) in [5.74, 6) is -3.12. The predicted molar refractivity (Wildman–Crippen MR) is 117 cm³/mol. The van der Waals surface area contributed by atoms with Crippen molar-refractivity contribution in [1.82, 2.24) is 0 Å². The fourth-order valence-electron chi connectivity index (χ4n) is 5.53. The molecule has 1 aromatic rings. The quantitative estimate of drug-likeness (QED) is 0.665.